The maximum Gasteiger partial charge on any atom is 0.155 e. The van der Waals surface area contributed by atoms with Gasteiger partial charge in [0.25, 0.3) is 0 Å². The minimum absolute atomic E-state index is 0.298. The molecule has 1 aromatic heterocycles. The number of hydrogen-bond acceptors (Lipinski definition) is 1. The van der Waals surface area contributed by atoms with Crippen molar-refractivity contribution in [3.05, 3.63) is 28.2 Å². The lowest BCUT2D eigenvalue weighted by Gasteiger charge is -1.96. The first-order chi connectivity index (χ1) is 4.74. The Morgan fingerprint density at radius 2 is 2.30 bits per heavy atom. The molecule has 1 nitrogen and oxygen atoms in total. The van der Waals surface area contributed by atoms with Crippen LogP contribution >= 0.6 is 15.9 Å². The van der Waals surface area contributed by atoms with Gasteiger partial charge >= 0.3 is 0 Å². The highest BCUT2D eigenvalue weighted by atomic mass is 79.9. The zero-order valence-corrected chi connectivity index (χ0v) is 7.15. The Balaban J connectivity index is 3.04. The number of pyridine rings is 1. The van der Waals surface area contributed by atoms with Crippen LogP contribution in [-0.4, -0.2) is 4.98 Å². The first-order valence-corrected chi connectivity index (χ1v) is 3.84. The van der Waals surface area contributed by atoms with Crippen molar-refractivity contribution in [1.29, 1.82) is 0 Å². The number of hydrogen-bond donors (Lipinski definition) is 0. The normalized spacial score (nSPS) is 9.90. The van der Waals surface area contributed by atoms with E-state index in [1.165, 1.54) is 6.07 Å². The van der Waals surface area contributed by atoms with E-state index in [0.29, 0.717) is 4.60 Å². The number of halogens is 2. The molecule has 54 valence electrons. The van der Waals surface area contributed by atoms with Gasteiger partial charge in [0.15, 0.2) is 5.82 Å². The van der Waals surface area contributed by atoms with Crippen molar-refractivity contribution in [2.45, 2.75) is 13.3 Å². The van der Waals surface area contributed by atoms with Crippen molar-refractivity contribution >= 4 is 15.9 Å². The van der Waals surface area contributed by atoms with Gasteiger partial charge in [-0.3, -0.25) is 0 Å². The quantitative estimate of drug-likeness (QED) is 0.640. The summed E-state index contributed by atoms with van der Waals surface area (Å²) in [6.07, 6.45) is 0.832. The van der Waals surface area contributed by atoms with Gasteiger partial charge in [-0.25, -0.2) is 9.37 Å². The topological polar surface area (TPSA) is 12.9 Å². The highest BCUT2D eigenvalue weighted by Crippen LogP contribution is 2.12. The molecule has 0 aliphatic heterocycles. The highest BCUT2D eigenvalue weighted by molar-refractivity contribution is 9.10. The molecule has 0 aliphatic carbocycles. The van der Waals surface area contributed by atoms with Crippen molar-refractivity contribution < 1.29 is 4.39 Å². The Labute approximate surface area is 67.4 Å². The second-order valence-electron chi connectivity index (χ2n) is 1.93. The molecule has 10 heavy (non-hydrogen) atoms. The van der Waals surface area contributed by atoms with Crippen LogP contribution in [0.15, 0.2) is 16.7 Å². The molecule has 0 aliphatic rings. The minimum Gasteiger partial charge on any atom is -0.243 e. The van der Waals surface area contributed by atoms with E-state index in [4.69, 9.17) is 0 Å². The Morgan fingerprint density at radius 3 is 2.80 bits per heavy atom. The van der Waals surface area contributed by atoms with Gasteiger partial charge in [-0.05, 0) is 34.5 Å². The van der Waals surface area contributed by atoms with Crippen LogP contribution in [0.25, 0.3) is 0 Å². The van der Waals surface area contributed by atoms with Gasteiger partial charge in [0.1, 0.15) is 4.60 Å². The smallest absolute Gasteiger partial charge is 0.155 e. The molecule has 3 heteroatoms. The van der Waals surface area contributed by atoms with Crippen LogP contribution in [-0.2, 0) is 6.42 Å². The summed E-state index contributed by atoms with van der Waals surface area (Å²) in [6.45, 7) is 1.98. The molecule has 0 bridgehead atoms. The van der Waals surface area contributed by atoms with Crippen molar-refractivity contribution in [3.8, 4) is 0 Å². The minimum atomic E-state index is -0.308. The van der Waals surface area contributed by atoms with Gasteiger partial charge in [0, 0.05) is 5.69 Å². The van der Waals surface area contributed by atoms with E-state index in [2.05, 4.69) is 20.9 Å². The zero-order chi connectivity index (χ0) is 7.56. The van der Waals surface area contributed by atoms with Crippen LogP contribution in [0.4, 0.5) is 4.39 Å². The molecule has 1 aromatic rings. The predicted octanol–water partition coefficient (Wildman–Crippen LogP) is 2.55. The maximum atomic E-state index is 12.5. The lowest BCUT2D eigenvalue weighted by atomic mass is 10.3. The lowest BCUT2D eigenvalue weighted by Crippen LogP contribution is -1.89. The summed E-state index contributed by atoms with van der Waals surface area (Å²) in [5, 5.41) is 0. The van der Waals surface area contributed by atoms with Crippen LogP contribution in [0.3, 0.4) is 0 Å². The molecule has 0 unspecified atom stereocenters. The van der Waals surface area contributed by atoms with E-state index < -0.39 is 0 Å². The second-order valence-corrected chi connectivity index (χ2v) is 2.68. The van der Waals surface area contributed by atoms with E-state index in [0.717, 1.165) is 12.1 Å². The lowest BCUT2D eigenvalue weighted by molar-refractivity contribution is 0.610. The fraction of sp³-hybridized carbons (Fsp3) is 0.286. The monoisotopic (exact) mass is 203 g/mol. The Kier molecular flexibility index (Phi) is 2.38. The van der Waals surface area contributed by atoms with Crippen molar-refractivity contribution in [2.24, 2.45) is 0 Å². The molecule has 0 atom stereocenters. The molecule has 1 heterocycles. The van der Waals surface area contributed by atoms with Gasteiger partial charge in [-0.1, -0.05) is 6.92 Å². The third kappa shape index (κ3) is 1.53. The molecule has 0 saturated heterocycles. The van der Waals surface area contributed by atoms with Crippen molar-refractivity contribution in [1.82, 2.24) is 4.98 Å². The number of nitrogens with zero attached hydrogens (tertiary/aromatic N) is 1. The SMILES string of the molecule is CCc1ccc(F)c(Br)n1. The summed E-state index contributed by atoms with van der Waals surface area (Å²) in [7, 11) is 0. The molecule has 0 spiro atoms. The summed E-state index contributed by atoms with van der Waals surface area (Å²) < 4.78 is 12.8. The van der Waals surface area contributed by atoms with Crippen molar-refractivity contribution in [2.75, 3.05) is 0 Å². The third-order valence-corrected chi connectivity index (χ3v) is 1.78. The van der Waals surface area contributed by atoms with E-state index in [1.807, 2.05) is 6.92 Å². The third-order valence-electron chi connectivity index (χ3n) is 1.22. The number of rotatable bonds is 1. The zero-order valence-electron chi connectivity index (χ0n) is 5.56. The van der Waals surface area contributed by atoms with Gasteiger partial charge < -0.3 is 0 Å². The Bertz CT molecular complexity index is 237. The average molecular weight is 204 g/mol. The number of aromatic nitrogens is 1. The first kappa shape index (κ1) is 7.66. The van der Waals surface area contributed by atoms with Gasteiger partial charge in [-0.15, -0.1) is 0 Å². The maximum absolute atomic E-state index is 12.5. The first-order valence-electron chi connectivity index (χ1n) is 3.05. The van der Waals surface area contributed by atoms with Crippen LogP contribution in [0.5, 0.6) is 0 Å². The second kappa shape index (κ2) is 3.10. The fourth-order valence-corrected chi connectivity index (χ4v) is 1.01. The molecule has 0 amide bonds. The molecule has 0 aromatic carbocycles. The number of aryl methyl sites for hydroxylation is 1. The fourth-order valence-electron chi connectivity index (χ4n) is 0.652. The molecule has 0 N–H and O–H groups in total. The summed E-state index contributed by atoms with van der Waals surface area (Å²) in [5.41, 5.74) is 0.897. The highest BCUT2D eigenvalue weighted by Gasteiger charge is 1.98. The molecule has 0 fully saturated rings. The predicted molar refractivity (Wildman–Crippen MR) is 41.3 cm³/mol. The van der Waals surface area contributed by atoms with Crippen molar-refractivity contribution in [3.63, 3.8) is 0 Å². The van der Waals surface area contributed by atoms with Crippen LogP contribution in [0.2, 0.25) is 0 Å². The summed E-state index contributed by atoms with van der Waals surface area (Å²) in [4.78, 5) is 3.93. The van der Waals surface area contributed by atoms with Crippen LogP contribution in [0.1, 0.15) is 12.6 Å². The van der Waals surface area contributed by atoms with E-state index in [-0.39, 0.29) is 5.82 Å². The summed E-state index contributed by atoms with van der Waals surface area (Å²) in [6, 6.07) is 3.09. The van der Waals surface area contributed by atoms with E-state index in [9.17, 15) is 4.39 Å². The standard InChI is InChI=1S/C7H7BrFN/c1-2-5-3-4-6(9)7(8)10-5/h3-4H,2H2,1H3. The molecule has 1 rings (SSSR count). The van der Waals surface area contributed by atoms with Gasteiger partial charge in [0.2, 0.25) is 0 Å². The Morgan fingerprint density at radius 1 is 1.60 bits per heavy atom. The van der Waals surface area contributed by atoms with Crippen LogP contribution < -0.4 is 0 Å². The van der Waals surface area contributed by atoms with E-state index >= 15 is 0 Å². The van der Waals surface area contributed by atoms with E-state index in [1.54, 1.807) is 6.07 Å². The van der Waals surface area contributed by atoms with Crippen LogP contribution in [0, 0.1) is 5.82 Å². The Hall–Kier alpha value is -0.440. The molecular weight excluding hydrogens is 197 g/mol. The molecule has 0 radical (unpaired) electrons. The van der Waals surface area contributed by atoms with Gasteiger partial charge in [0.05, 0.1) is 0 Å². The largest absolute Gasteiger partial charge is 0.243 e. The summed E-state index contributed by atoms with van der Waals surface area (Å²) in [5.74, 6) is -0.308. The molecule has 0 saturated carbocycles. The summed E-state index contributed by atoms with van der Waals surface area (Å²) >= 11 is 3.00. The molecular formula is C7H7BrFN. The van der Waals surface area contributed by atoms with Gasteiger partial charge in [-0.2, -0.15) is 0 Å². The average Bonchev–Trinajstić information content (AvgIpc) is 1.95.